The number of hydrogen-bond donors (Lipinski definition) is 1. The van der Waals surface area contributed by atoms with Crippen LogP contribution in [0.15, 0.2) is 24.3 Å². The van der Waals surface area contributed by atoms with Gasteiger partial charge in [-0.05, 0) is 38.2 Å². The van der Waals surface area contributed by atoms with Crippen molar-refractivity contribution in [2.75, 3.05) is 7.05 Å². The Morgan fingerprint density at radius 1 is 1.30 bits per heavy atom. The molecule has 3 rings (SSSR count). The molecule has 2 atom stereocenters. The molecule has 108 valence electrons. The Balaban J connectivity index is 1.62. The largest absolute Gasteiger partial charge is 0.342 e. The molecule has 2 fully saturated rings. The van der Waals surface area contributed by atoms with Gasteiger partial charge in [-0.3, -0.25) is 4.79 Å². The number of carbonyl (C=O) groups is 1. The number of nitrogens with zero attached hydrogens (tertiary/aromatic N) is 1. The Morgan fingerprint density at radius 2 is 2.00 bits per heavy atom. The lowest BCUT2D eigenvalue weighted by molar-refractivity contribution is -0.131. The molecule has 20 heavy (non-hydrogen) atoms. The lowest BCUT2D eigenvalue weighted by Crippen LogP contribution is -2.49. The summed E-state index contributed by atoms with van der Waals surface area (Å²) in [5, 5.41) is 3.63. The monoisotopic (exact) mass is 272 g/mol. The summed E-state index contributed by atoms with van der Waals surface area (Å²) in [5.74, 6) is 0.252. The Kier molecular flexibility index (Phi) is 3.79. The second kappa shape index (κ2) is 5.57. The van der Waals surface area contributed by atoms with E-state index in [-0.39, 0.29) is 5.91 Å². The summed E-state index contributed by atoms with van der Waals surface area (Å²) in [6.07, 6.45) is 5.32. The van der Waals surface area contributed by atoms with Crippen molar-refractivity contribution in [1.29, 1.82) is 0 Å². The minimum atomic E-state index is 0.252. The molecular formula is C17H24N2O. The molecule has 1 aromatic carbocycles. The van der Waals surface area contributed by atoms with Crippen LogP contribution in [0.2, 0.25) is 0 Å². The number of piperidine rings is 1. The molecule has 0 spiro atoms. The number of carbonyl (C=O) groups excluding carboxylic acids is 1. The van der Waals surface area contributed by atoms with E-state index < -0.39 is 0 Å². The van der Waals surface area contributed by atoms with Crippen molar-refractivity contribution in [3.05, 3.63) is 35.4 Å². The summed E-state index contributed by atoms with van der Waals surface area (Å²) in [6, 6.07) is 9.94. The minimum Gasteiger partial charge on any atom is -0.342 e. The van der Waals surface area contributed by atoms with E-state index >= 15 is 0 Å². The van der Waals surface area contributed by atoms with Gasteiger partial charge in [0.05, 0.1) is 6.42 Å². The molecule has 2 unspecified atom stereocenters. The Labute approximate surface area is 121 Å². The molecule has 2 heterocycles. The zero-order valence-electron chi connectivity index (χ0n) is 12.4. The minimum absolute atomic E-state index is 0.252. The lowest BCUT2D eigenvalue weighted by Gasteiger charge is -2.35. The Morgan fingerprint density at radius 3 is 2.65 bits per heavy atom. The fraction of sp³-hybridized carbons (Fsp3) is 0.588. The van der Waals surface area contributed by atoms with Gasteiger partial charge in [0.15, 0.2) is 0 Å². The number of nitrogens with one attached hydrogen (secondary N) is 1. The summed E-state index contributed by atoms with van der Waals surface area (Å²) in [6.45, 7) is 2.07. The SMILES string of the molecule is Cc1cccc(CC(=O)N(C)C2CC3CCC(C2)N3)c1. The van der Waals surface area contributed by atoms with E-state index in [9.17, 15) is 4.79 Å². The van der Waals surface area contributed by atoms with Crippen LogP contribution in [-0.2, 0) is 11.2 Å². The summed E-state index contributed by atoms with van der Waals surface area (Å²) in [4.78, 5) is 14.5. The third kappa shape index (κ3) is 2.88. The smallest absolute Gasteiger partial charge is 0.226 e. The summed E-state index contributed by atoms with van der Waals surface area (Å²) >= 11 is 0. The first-order valence-corrected chi connectivity index (χ1v) is 7.69. The quantitative estimate of drug-likeness (QED) is 0.915. The van der Waals surface area contributed by atoms with Gasteiger partial charge in [-0.1, -0.05) is 29.8 Å². The number of amides is 1. The molecule has 2 saturated heterocycles. The maximum absolute atomic E-state index is 12.5. The highest BCUT2D eigenvalue weighted by Crippen LogP contribution is 2.29. The Hall–Kier alpha value is -1.35. The number of benzene rings is 1. The normalized spacial score (nSPS) is 28.4. The van der Waals surface area contributed by atoms with Crippen LogP contribution in [0, 0.1) is 6.92 Å². The van der Waals surface area contributed by atoms with E-state index in [1.165, 1.54) is 18.4 Å². The van der Waals surface area contributed by atoms with Gasteiger partial charge in [-0.2, -0.15) is 0 Å². The van der Waals surface area contributed by atoms with Crippen molar-refractivity contribution in [3.63, 3.8) is 0 Å². The van der Waals surface area contributed by atoms with E-state index in [4.69, 9.17) is 0 Å². The number of likely N-dealkylation sites (N-methyl/N-ethyl adjacent to an activating group) is 1. The molecule has 2 bridgehead atoms. The van der Waals surface area contributed by atoms with Gasteiger partial charge in [0.1, 0.15) is 0 Å². The van der Waals surface area contributed by atoms with E-state index in [2.05, 4.69) is 24.4 Å². The van der Waals surface area contributed by atoms with Crippen LogP contribution in [0.4, 0.5) is 0 Å². The first kappa shape index (κ1) is 13.6. The predicted molar refractivity (Wildman–Crippen MR) is 80.6 cm³/mol. The van der Waals surface area contributed by atoms with Gasteiger partial charge in [0, 0.05) is 25.2 Å². The molecule has 0 saturated carbocycles. The Bertz CT molecular complexity index is 488. The zero-order chi connectivity index (χ0) is 14.1. The van der Waals surface area contributed by atoms with Crippen molar-refractivity contribution in [3.8, 4) is 0 Å². The van der Waals surface area contributed by atoms with Crippen molar-refractivity contribution >= 4 is 5.91 Å². The highest BCUT2D eigenvalue weighted by Gasteiger charge is 2.36. The average Bonchev–Trinajstić information content (AvgIpc) is 2.76. The standard InChI is InChI=1S/C17H24N2O/c1-12-4-3-5-13(8-12)9-17(20)19(2)16-10-14-6-7-15(11-16)18-14/h3-5,8,14-16,18H,6-7,9-11H2,1-2H3. The van der Waals surface area contributed by atoms with E-state index in [0.717, 1.165) is 18.4 Å². The second-order valence-corrected chi connectivity index (χ2v) is 6.43. The van der Waals surface area contributed by atoms with Crippen LogP contribution in [0.25, 0.3) is 0 Å². The average molecular weight is 272 g/mol. The number of rotatable bonds is 3. The lowest BCUT2D eigenvalue weighted by atomic mass is 9.98. The topological polar surface area (TPSA) is 32.3 Å². The molecule has 0 radical (unpaired) electrons. The van der Waals surface area contributed by atoms with Gasteiger partial charge in [-0.25, -0.2) is 0 Å². The van der Waals surface area contributed by atoms with Crippen molar-refractivity contribution < 1.29 is 4.79 Å². The molecule has 3 nitrogen and oxygen atoms in total. The molecule has 3 heteroatoms. The summed E-state index contributed by atoms with van der Waals surface area (Å²) in [7, 11) is 1.98. The highest BCUT2D eigenvalue weighted by atomic mass is 16.2. The van der Waals surface area contributed by atoms with Crippen LogP contribution >= 0.6 is 0 Å². The maximum atomic E-state index is 12.5. The van der Waals surface area contributed by atoms with Crippen LogP contribution in [0.5, 0.6) is 0 Å². The fourth-order valence-corrected chi connectivity index (χ4v) is 3.67. The third-order valence-electron chi connectivity index (χ3n) is 4.83. The molecule has 2 aliphatic rings. The summed E-state index contributed by atoms with van der Waals surface area (Å²) < 4.78 is 0. The van der Waals surface area contributed by atoms with Crippen molar-refractivity contribution in [2.45, 2.75) is 57.2 Å². The first-order chi connectivity index (χ1) is 9.61. The highest BCUT2D eigenvalue weighted by molar-refractivity contribution is 5.78. The van der Waals surface area contributed by atoms with Gasteiger partial charge >= 0.3 is 0 Å². The predicted octanol–water partition coefficient (Wildman–Crippen LogP) is 2.28. The van der Waals surface area contributed by atoms with Crippen LogP contribution in [-0.4, -0.2) is 36.0 Å². The van der Waals surface area contributed by atoms with Gasteiger partial charge in [0.25, 0.3) is 0 Å². The molecule has 1 amide bonds. The van der Waals surface area contributed by atoms with Gasteiger partial charge in [-0.15, -0.1) is 0 Å². The molecule has 1 N–H and O–H groups in total. The van der Waals surface area contributed by atoms with Crippen LogP contribution < -0.4 is 5.32 Å². The van der Waals surface area contributed by atoms with Crippen molar-refractivity contribution in [2.24, 2.45) is 0 Å². The van der Waals surface area contributed by atoms with E-state index in [1.54, 1.807) is 0 Å². The molecule has 2 aliphatic heterocycles. The van der Waals surface area contributed by atoms with E-state index in [1.807, 2.05) is 24.1 Å². The van der Waals surface area contributed by atoms with Gasteiger partial charge in [0.2, 0.25) is 5.91 Å². The number of hydrogen-bond acceptors (Lipinski definition) is 2. The molecular weight excluding hydrogens is 248 g/mol. The number of fused-ring (bicyclic) bond motifs is 2. The zero-order valence-corrected chi connectivity index (χ0v) is 12.4. The van der Waals surface area contributed by atoms with Crippen LogP contribution in [0.3, 0.4) is 0 Å². The molecule has 1 aromatic rings. The molecule has 0 aromatic heterocycles. The third-order valence-corrected chi connectivity index (χ3v) is 4.83. The fourth-order valence-electron chi connectivity index (χ4n) is 3.67. The first-order valence-electron chi connectivity index (χ1n) is 7.69. The second-order valence-electron chi connectivity index (χ2n) is 6.43. The van der Waals surface area contributed by atoms with Crippen LogP contribution in [0.1, 0.15) is 36.8 Å². The van der Waals surface area contributed by atoms with Crippen molar-refractivity contribution in [1.82, 2.24) is 10.2 Å². The van der Waals surface area contributed by atoms with E-state index in [0.29, 0.717) is 24.5 Å². The molecule has 0 aliphatic carbocycles. The summed E-state index contributed by atoms with van der Waals surface area (Å²) in [5.41, 5.74) is 2.34. The maximum Gasteiger partial charge on any atom is 0.226 e. The number of aryl methyl sites for hydroxylation is 1. The van der Waals surface area contributed by atoms with Gasteiger partial charge < -0.3 is 10.2 Å².